The number of benzene rings is 2. The Morgan fingerprint density at radius 2 is 1.90 bits per heavy atom. The van der Waals surface area contributed by atoms with Gasteiger partial charge in [-0.1, -0.05) is 18.2 Å². The topological polar surface area (TPSA) is 97.6 Å². The normalized spacial score (nSPS) is 11.4. The summed E-state index contributed by atoms with van der Waals surface area (Å²) in [7, 11) is -2.43. The number of carbonyl (C=O) groups excluding carboxylic acids is 1. The minimum Gasteiger partial charge on any atom is -0.495 e. The Balaban J connectivity index is 1.81. The van der Waals surface area contributed by atoms with Crippen molar-refractivity contribution in [3.63, 3.8) is 0 Å². The van der Waals surface area contributed by atoms with E-state index in [9.17, 15) is 13.2 Å². The van der Waals surface area contributed by atoms with Crippen LogP contribution in [0.15, 0.2) is 76.2 Å². The second-order valence-corrected chi connectivity index (χ2v) is 7.77. The van der Waals surface area contributed by atoms with Crippen molar-refractivity contribution in [3.8, 4) is 5.75 Å². The fourth-order valence-electron chi connectivity index (χ4n) is 2.62. The Morgan fingerprint density at radius 3 is 2.62 bits per heavy atom. The Bertz CT molecular complexity index is 1140. The molecule has 8 heteroatoms. The summed E-state index contributed by atoms with van der Waals surface area (Å²) < 4.78 is 38.7. The SMILES string of the molecule is COc1ccccc1NS(=O)(=O)c1cc(NC(=O)C=Cc2ccco2)ccc1C. The summed E-state index contributed by atoms with van der Waals surface area (Å²) in [6.45, 7) is 1.68. The van der Waals surface area contributed by atoms with Crippen LogP contribution < -0.4 is 14.8 Å². The molecule has 7 nitrogen and oxygen atoms in total. The van der Waals surface area contributed by atoms with Gasteiger partial charge in [0.05, 0.1) is 24.0 Å². The van der Waals surface area contributed by atoms with Gasteiger partial charge in [0.1, 0.15) is 11.5 Å². The Labute approximate surface area is 169 Å². The number of hydrogen-bond donors (Lipinski definition) is 2. The number of aryl methyl sites for hydroxylation is 1. The van der Waals surface area contributed by atoms with Crippen LogP contribution in [0.2, 0.25) is 0 Å². The largest absolute Gasteiger partial charge is 0.495 e. The summed E-state index contributed by atoms with van der Waals surface area (Å²) in [6, 6.07) is 14.8. The van der Waals surface area contributed by atoms with Gasteiger partial charge in [-0.15, -0.1) is 0 Å². The molecule has 2 N–H and O–H groups in total. The summed E-state index contributed by atoms with van der Waals surface area (Å²) >= 11 is 0. The van der Waals surface area contributed by atoms with Crippen molar-refractivity contribution in [1.29, 1.82) is 0 Å². The van der Waals surface area contributed by atoms with E-state index in [-0.39, 0.29) is 4.90 Å². The highest BCUT2D eigenvalue weighted by Gasteiger charge is 2.19. The number of carbonyl (C=O) groups is 1. The first-order chi connectivity index (χ1) is 13.9. The molecule has 0 aliphatic heterocycles. The first-order valence-corrected chi connectivity index (χ1v) is 10.2. The fraction of sp³-hybridized carbons (Fsp3) is 0.0952. The molecule has 0 fully saturated rings. The third-order valence-electron chi connectivity index (χ3n) is 4.04. The highest BCUT2D eigenvalue weighted by Crippen LogP contribution is 2.28. The van der Waals surface area contributed by atoms with Gasteiger partial charge in [-0.3, -0.25) is 9.52 Å². The second-order valence-electron chi connectivity index (χ2n) is 6.12. The predicted octanol–water partition coefficient (Wildman–Crippen LogP) is 4.05. The van der Waals surface area contributed by atoms with Gasteiger partial charge in [0.2, 0.25) is 5.91 Å². The van der Waals surface area contributed by atoms with Gasteiger partial charge in [-0.05, 0) is 55.0 Å². The summed E-state index contributed by atoms with van der Waals surface area (Å²) in [4.78, 5) is 12.2. The average molecular weight is 412 g/mol. The number of furan rings is 1. The standard InChI is InChI=1S/C21H20N2O5S/c1-15-9-10-16(22-21(24)12-11-17-6-5-13-28-17)14-20(15)29(25,26)23-18-7-3-4-8-19(18)27-2/h3-14,23H,1-2H3,(H,22,24). The van der Waals surface area contributed by atoms with Crippen molar-refractivity contribution >= 4 is 33.4 Å². The molecule has 0 spiro atoms. The van der Waals surface area contributed by atoms with Gasteiger partial charge in [-0.25, -0.2) is 8.42 Å². The van der Waals surface area contributed by atoms with Crippen molar-refractivity contribution in [3.05, 3.63) is 78.3 Å². The lowest BCUT2D eigenvalue weighted by Gasteiger charge is -2.14. The molecule has 0 radical (unpaired) electrons. The molecule has 29 heavy (non-hydrogen) atoms. The molecular formula is C21H20N2O5S. The number of para-hydroxylation sites is 2. The zero-order valence-electron chi connectivity index (χ0n) is 15.9. The first kappa shape index (κ1) is 20.2. The number of nitrogens with one attached hydrogen (secondary N) is 2. The van der Waals surface area contributed by atoms with Gasteiger partial charge >= 0.3 is 0 Å². The van der Waals surface area contributed by atoms with Gasteiger partial charge < -0.3 is 14.5 Å². The molecule has 150 valence electrons. The lowest BCUT2D eigenvalue weighted by Crippen LogP contribution is -2.16. The van der Waals surface area contributed by atoms with Crippen molar-refractivity contribution in [2.24, 2.45) is 0 Å². The van der Waals surface area contributed by atoms with E-state index in [4.69, 9.17) is 9.15 Å². The number of ether oxygens (including phenoxy) is 1. The van der Waals surface area contributed by atoms with Crippen LogP contribution in [-0.4, -0.2) is 21.4 Å². The Hall–Kier alpha value is -3.52. The maximum Gasteiger partial charge on any atom is 0.262 e. The average Bonchev–Trinajstić information content (AvgIpc) is 3.21. The van der Waals surface area contributed by atoms with Crippen LogP contribution in [0, 0.1) is 6.92 Å². The fourth-order valence-corrected chi connectivity index (χ4v) is 3.97. The van der Waals surface area contributed by atoms with Gasteiger partial charge in [0.25, 0.3) is 10.0 Å². The van der Waals surface area contributed by atoms with Gasteiger partial charge in [-0.2, -0.15) is 0 Å². The summed E-state index contributed by atoms with van der Waals surface area (Å²) in [5, 5.41) is 2.65. The van der Waals surface area contributed by atoms with Gasteiger partial charge in [0, 0.05) is 11.8 Å². The van der Waals surface area contributed by atoms with E-state index in [2.05, 4.69) is 10.0 Å². The monoisotopic (exact) mass is 412 g/mol. The van der Waals surface area contributed by atoms with E-state index in [0.29, 0.717) is 28.4 Å². The van der Waals surface area contributed by atoms with Crippen LogP contribution in [0.25, 0.3) is 6.08 Å². The minimum absolute atomic E-state index is 0.0521. The van der Waals surface area contributed by atoms with E-state index in [1.165, 1.54) is 31.6 Å². The molecule has 1 heterocycles. The van der Waals surface area contributed by atoms with Crippen molar-refractivity contribution in [2.75, 3.05) is 17.1 Å². The van der Waals surface area contributed by atoms with Crippen molar-refractivity contribution in [1.82, 2.24) is 0 Å². The molecule has 1 amide bonds. The van der Waals surface area contributed by atoms with E-state index in [1.807, 2.05) is 0 Å². The zero-order valence-corrected chi connectivity index (χ0v) is 16.7. The molecule has 2 aromatic carbocycles. The molecule has 0 saturated carbocycles. The number of amides is 1. The molecule has 0 unspecified atom stereocenters. The highest BCUT2D eigenvalue weighted by atomic mass is 32.2. The molecular weight excluding hydrogens is 392 g/mol. The minimum atomic E-state index is -3.90. The van der Waals surface area contributed by atoms with Crippen LogP contribution >= 0.6 is 0 Å². The van der Waals surface area contributed by atoms with E-state index >= 15 is 0 Å². The number of sulfonamides is 1. The molecule has 1 aromatic heterocycles. The lowest BCUT2D eigenvalue weighted by molar-refractivity contribution is -0.111. The van der Waals surface area contributed by atoms with Crippen molar-refractivity contribution < 1.29 is 22.4 Å². The van der Waals surface area contributed by atoms with Gasteiger partial charge in [0.15, 0.2) is 0 Å². The third kappa shape index (κ3) is 5.05. The van der Waals surface area contributed by atoms with Crippen LogP contribution in [0.3, 0.4) is 0 Å². The molecule has 0 atom stereocenters. The van der Waals surface area contributed by atoms with E-state index in [0.717, 1.165) is 0 Å². The van der Waals surface area contributed by atoms with Crippen molar-refractivity contribution in [2.45, 2.75) is 11.8 Å². The lowest BCUT2D eigenvalue weighted by atomic mass is 10.2. The molecule has 0 aliphatic rings. The summed E-state index contributed by atoms with van der Waals surface area (Å²) in [5.74, 6) is 0.529. The van der Waals surface area contributed by atoms with Crippen LogP contribution in [0.1, 0.15) is 11.3 Å². The number of anilines is 2. The number of hydrogen-bond acceptors (Lipinski definition) is 5. The summed E-state index contributed by atoms with van der Waals surface area (Å²) in [6.07, 6.45) is 4.33. The quantitative estimate of drug-likeness (QED) is 0.571. The highest BCUT2D eigenvalue weighted by molar-refractivity contribution is 7.92. The number of methoxy groups -OCH3 is 1. The molecule has 0 aliphatic carbocycles. The van der Waals surface area contributed by atoms with Crippen LogP contribution in [0.4, 0.5) is 11.4 Å². The van der Waals surface area contributed by atoms with E-state index in [1.54, 1.807) is 55.5 Å². The number of rotatable bonds is 7. The maximum absolute atomic E-state index is 12.9. The first-order valence-electron chi connectivity index (χ1n) is 8.68. The smallest absolute Gasteiger partial charge is 0.262 e. The van der Waals surface area contributed by atoms with Crippen LogP contribution in [0.5, 0.6) is 5.75 Å². The second kappa shape index (κ2) is 8.66. The third-order valence-corrected chi connectivity index (χ3v) is 5.55. The summed E-state index contributed by atoms with van der Waals surface area (Å²) in [5.41, 5.74) is 1.21. The molecule has 3 rings (SSSR count). The van der Waals surface area contributed by atoms with Crippen LogP contribution in [-0.2, 0) is 14.8 Å². The molecule has 0 bridgehead atoms. The van der Waals surface area contributed by atoms with E-state index < -0.39 is 15.9 Å². The molecule has 3 aromatic rings. The Kier molecular flexibility index (Phi) is 6.04. The Morgan fingerprint density at radius 1 is 1.10 bits per heavy atom. The molecule has 0 saturated heterocycles. The maximum atomic E-state index is 12.9. The predicted molar refractivity (Wildman–Crippen MR) is 111 cm³/mol. The zero-order chi connectivity index (χ0) is 20.9.